The fraction of sp³-hybridized carbons (Fsp3) is 0.875. The Labute approximate surface area is 92.9 Å². The summed E-state index contributed by atoms with van der Waals surface area (Å²) < 4.78 is 0. The van der Waals surface area contributed by atoms with E-state index in [-0.39, 0.29) is 0 Å². The summed E-state index contributed by atoms with van der Waals surface area (Å²) in [4.78, 5) is 12.2. The zero-order valence-electron chi connectivity index (χ0n) is 9.28. The molecular formula is C8H19B2N3O2. The van der Waals surface area contributed by atoms with Crippen LogP contribution in [0.1, 0.15) is 12.8 Å². The van der Waals surface area contributed by atoms with Crippen LogP contribution in [0.2, 0.25) is 6.82 Å². The van der Waals surface area contributed by atoms with E-state index >= 15 is 0 Å². The van der Waals surface area contributed by atoms with Crippen molar-refractivity contribution in [3.8, 4) is 0 Å². The highest BCUT2D eigenvalue weighted by Crippen LogP contribution is 1.96. The highest BCUT2D eigenvalue weighted by molar-refractivity contribution is 6.57. The Morgan fingerprint density at radius 1 is 1.53 bits per heavy atom. The standard InChI is InChI=1S/C8H19B2N3O2/c1-10(15)13(7-4-11)6-3-2-5-12-8(9)14/h15H,2-7,11H2,1H3,(H,12,14). The first-order valence-corrected chi connectivity index (χ1v) is 5.23. The van der Waals surface area contributed by atoms with Crippen LogP contribution in [0.3, 0.4) is 0 Å². The normalized spacial score (nSPS) is 10.4. The first kappa shape index (κ1) is 14.5. The largest absolute Gasteiger partial charge is 0.437 e. The van der Waals surface area contributed by atoms with Gasteiger partial charge in [0, 0.05) is 19.6 Å². The summed E-state index contributed by atoms with van der Waals surface area (Å²) in [5, 5.41) is 11.9. The molecule has 0 atom stereocenters. The van der Waals surface area contributed by atoms with E-state index in [0.29, 0.717) is 19.6 Å². The predicted molar refractivity (Wildman–Crippen MR) is 62.9 cm³/mol. The van der Waals surface area contributed by atoms with Gasteiger partial charge < -0.3 is 20.9 Å². The van der Waals surface area contributed by atoms with Crippen LogP contribution in [0.4, 0.5) is 4.79 Å². The molecular weight excluding hydrogens is 192 g/mol. The average Bonchev–Trinajstić information content (AvgIpc) is 2.15. The number of nitrogens with zero attached hydrogens (tertiary/aromatic N) is 1. The van der Waals surface area contributed by atoms with Crippen LogP contribution < -0.4 is 11.1 Å². The molecule has 0 fully saturated rings. The zero-order chi connectivity index (χ0) is 11.7. The quantitative estimate of drug-likeness (QED) is 0.356. The van der Waals surface area contributed by atoms with Crippen LogP contribution in [0.15, 0.2) is 0 Å². The number of amides is 1. The van der Waals surface area contributed by atoms with Gasteiger partial charge in [0.05, 0.1) is 0 Å². The number of nitrogens with one attached hydrogen (secondary N) is 1. The van der Waals surface area contributed by atoms with E-state index in [4.69, 9.17) is 13.6 Å². The van der Waals surface area contributed by atoms with Crippen molar-refractivity contribution < 1.29 is 9.82 Å². The minimum Gasteiger partial charge on any atom is -0.437 e. The van der Waals surface area contributed by atoms with Crippen LogP contribution in [-0.2, 0) is 0 Å². The van der Waals surface area contributed by atoms with Crippen molar-refractivity contribution in [1.29, 1.82) is 0 Å². The van der Waals surface area contributed by atoms with Gasteiger partial charge in [-0.3, -0.25) is 4.79 Å². The number of hydrogen-bond donors (Lipinski definition) is 3. The Balaban J connectivity index is 3.49. The SMILES string of the molecule is [B]C(=O)NCCCCN(CCN)B(C)O. The minimum absolute atomic E-state index is 0.474. The molecule has 0 saturated carbocycles. The van der Waals surface area contributed by atoms with Crippen LogP contribution in [0.5, 0.6) is 0 Å². The number of nitrogens with two attached hydrogens (primary N) is 1. The monoisotopic (exact) mass is 211 g/mol. The second-order valence-electron chi connectivity index (χ2n) is 3.45. The molecule has 0 saturated heterocycles. The number of unbranched alkanes of at least 4 members (excludes halogenated alkanes) is 1. The highest BCUT2D eigenvalue weighted by atomic mass is 16.2. The minimum atomic E-state index is -0.496. The van der Waals surface area contributed by atoms with Gasteiger partial charge in [-0.1, -0.05) is 0 Å². The molecule has 15 heavy (non-hydrogen) atoms. The molecule has 84 valence electrons. The summed E-state index contributed by atoms with van der Waals surface area (Å²) in [6.07, 6.45) is 1.74. The Hall–Kier alpha value is -0.520. The van der Waals surface area contributed by atoms with Crippen molar-refractivity contribution in [2.75, 3.05) is 26.2 Å². The summed E-state index contributed by atoms with van der Waals surface area (Å²) in [6, 6.07) is 0. The number of carbonyl (C=O) groups is 1. The lowest BCUT2D eigenvalue weighted by Crippen LogP contribution is -2.41. The van der Waals surface area contributed by atoms with Crippen molar-refractivity contribution in [3.05, 3.63) is 0 Å². The lowest BCUT2D eigenvalue weighted by molar-refractivity contribution is 0.259. The lowest BCUT2D eigenvalue weighted by atomic mass is 9.84. The molecule has 0 aliphatic heterocycles. The van der Waals surface area contributed by atoms with Crippen LogP contribution >= 0.6 is 0 Å². The fourth-order valence-electron chi connectivity index (χ4n) is 1.30. The van der Waals surface area contributed by atoms with E-state index in [1.807, 2.05) is 4.81 Å². The second kappa shape index (κ2) is 8.76. The van der Waals surface area contributed by atoms with E-state index in [2.05, 4.69) is 5.32 Å². The Kier molecular flexibility index (Phi) is 8.46. The van der Waals surface area contributed by atoms with Gasteiger partial charge in [-0.25, -0.2) is 0 Å². The first-order chi connectivity index (χ1) is 7.07. The van der Waals surface area contributed by atoms with Crippen LogP contribution in [0, 0.1) is 0 Å². The Bertz CT molecular complexity index is 181. The van der Waals surface area contributed by atoms with E-state index in [1.165, 1.54) is 0 Å². The van der Waals surface area contributed by atoms with E-state index in [0.717, 1.165) is 19.4 Å². The molecule has 0 spiro atoms. The number of carbonyl (C=O) groups excluding carboxylic acids is 1. The van der Waals surface area contributed by atoms with Crippen LogP contribution in [0.25, 0.3) is 0 Å². The molecule has 2 radical (unpaired) electrons. The molecule has 0 bridgehead atoms. The molecule has 0 aliphatic rings. The molecule has 7 heteroatoms. The maximum atomic E-state index is 10.4. The Morgan fingerprint density at radius 3 is 2.67 bits per heavy atom. The fourth-order valence-corrected chi connectivity index (χ4v) is 1.30. The topological polar surface area (TPSA) is 78.6 Å². The molecule has 0 aliphatic carbocycles. The summed E-state index contributed by atoms with van der Waals surface area (Å²) in [7, 11) is 4.44. The van der Waals surface area contributed by atoms with Crippen molar-refractivity contribution in [2.24, 2.45) is 5.73 Å². The Morgan fingerprint density at radius 2 is 2.20 bits per heavy atom. The van der Waals surface area contributed by atoms with Crippen molar-refractivity contribution in [2.45, 2.75) is 19.7 Å². The van der Waals surface area contributed by atoms with Gasteiger partial charge >= 0.3 is 7.05 Å². The third-order valence-electron chi connectivity index (χ3n) is 2.12. The molecule has 0 rings (SSSR count). The first-order valence-electron chi connectivity index (χ1n) is 5.23. The maximum absolute atomic E-state index is 10.4. The third-order valence-corrected chi connectivity index (χ3v) is 2.12. The molecule has 4 N–H and O–H groups in total. The van der Waals surface area contributed by atoms with E-state index < -0.39 is 12.9 Å². The van der Waals surface area contributed by atoms with Gasteiger partial charge in [-0.2, -0.15) is 0 Å². The number of rotatable bonds is 8. The van der Waals surface area contributed by atoms with Crippen molar-refractivity contribution in [1.82, 2.24) is 10.1 Å². The molecule has 0 aromatic carbocycles. The van der Waals surface area contributed by atoms with Gasteiger partial charge in [0.25, 0.3) is 0 Å². The molecule has 0 unspecified atom stereocenters. The van der Waals surface area contributed by atoms with Crippen molar-refractivity contribution in [3.63, 3.8) is 0 Å². The predicted octanol–water partition coefficient (Wildman–Crippen LogP) is -0.984. The highest BCUT2D eigenvalue weighted by Gasteiger charge is 2.13. The molecule has 0 aromatic rings. The van der Waals surface area contributed by atoms with E-state index in [9.17, 15) is 9.82 Å². The second-order valence-corrected chi connectivity index (χ2v) is 3.45. The molecule has 1 amide bonds. The number of hydrogen-bond acceptors (Lipinski definition) is 4. The maximum Gasteiger partial charge on any atom is 0.376 e. The summed E-state index contributed by atoms with van der Waals surface area (Å²) in [5.74, 6) is -0.496. The summed E-state index contributed by atoms with van der Waals surface area (Å²) >= 11 is 0. The average molecular weight is 211 g/mol. The summed E-state index contributed by atoms with van der Waals surface area (Å²) in [5.41, 5.74) is 5.41. The smallest absolute Gasteiger partial charge is 0.376 e. The molecule has 0 heterocycles. The van der Waals surface area contributed by atoms with Gasteiger partial charge in [0.2, 0.25) is 0 Å². The molecule has 5 nitrogen and oxygen atoms in total. The summed E-state index contributed by atoms with van der Waals surface area (Å²) in [6.45, 7) is 4.28. The van der Waals surface area contributed by atoms with Crippen LogP contribution in [-0.4, -0.2) is 56.7 Å². The molecule has 0 aromatic heterocycles. The van der Waals surface area contributed by atoms with Gasteiger partial charge in [-0.05, 0) is 26.2 Å². The lowest BCUT2D eigenvalue weighted by Gasteiger charge is -2.22. The van der Waals surface area contributed by atoms with Gasteiger partial charge in [-0.15, -0.1) is 0 Å². The zero-order valence-corrected chi connectivity index (χ0v) is 9.28. The van der Waals surface area contributed by atoms with Gasteiger partial charge in [0.1, 0.15) is 0 Å². The van der Waals surface area contributed by atoms with Crippen molar-refractivity contribution >= 4 is 20.7 Å². The van der Waals surface area contributed by atoms with Gasteiger partial charge in [0.15, 0.2) is 13.7 Å². The third kappa shape index (κ3) is 8.47. The van der Waals surface area contributed by atoms with E-state index in [1.54, 1.807) is 6.82 Å².